The van der Waals surface area contributed by atoms with Crippen LogP contribution in [-0.2, 0) is 16.0 Å². The number of phenols is 1. The fourth-order valence-corrected chi connectivity index (χ4v) is 6.58. The molecule has 13 heteroatoms. The number of likely N-dealkylation sites (N-methyl/N-ethyl adjacent to an activating group) is 1. The van der Waals surface area contributed by atoms with E-state index in [1.54, 1.807) is 11.4 Å². The molecule has 39 heavy (non-hydrogen) atoms. The minimum Gasteiger partial charge on any atom is -0.510 e. The van der Waals surface area contributed by atoms with E-state index in [0.29, 0.717) is 0 Å². The molecule has 1 aromatic heterocycles. The van der Waals surface area contributed by atoms with Gasteiger partial charge in [-0.1, -0.05) is 6.07 Å². The second-order valence-corrected chi connectivity index (χ2v) is 11.0. The van der Waals surface area contributed by atoms with Gasteiger partial charge in [-0.3, -0.25) is 24.1 Å². The molecule has 0 spiro atoms. The summed E-state index contributed by atoms with van der Waals surface area (Å²) in [6.45, 7) is 0. The van der Waals surface area contributed by atoms with Gasteiger partial charge in [0.25, 0.3) is 11.8 Å². The van der Waals surface area contributed by atoms with Crippen LogP contribution in [0.4, 0.5) is 10.1 Å². The molecule has 2 aromatic rings. The average molecular weight is 558 g/mol. The van der Waals surface area contributed by atoms with Crippen LogP contribution in [0.3, 0.4) is 0 Å². The van der Waals surface area contributed by atoms with Crippen LogP contribution in [0.1, 0.15) is 32.0 Å². The molecule has 0 saturated carbocycles. The summed E-state index contributed by atoms with van der Waals surface area (Å²) in [6.07, 6.45) is -0.365. The number of aromatic hydroxyl groups is 1. The van der Waals surface area contributed by atoms with Gasteiger partial charge in [-0.2, -0.15) is 0 Å². The van der Waals surface area contributed by atoms with Crippen molar-refractivity contribution in [3.8, 4) is 5.75 Å². The van der Waals surface area contributed by atoms with E-state index in [1.807, 2.05) is 0 Å². The van der Waals surface area contributed by atoms with E-state index >= 15 is 4.39 Å². The number of benzene rings is 1. The molecular formula is C26H24FN3O8S. The Kier molecular flexibility index (Phi) is 6.12. The van der Waals surface area contributed by atoms with E-state index in [0.717, 1.165) is 17.4 Å². The fourth-order valence-electron chi connectivity index (χ4n) is 5.96. The van der Waals surface area contributed by atoms with Gasteiger partial charge < -0.3 is 31.5 Å². The van der Waals surface area contributed by atoms with Crippen LogP contribution < -0.4 is 11.1 Å². The topological polar surface area (TPSA) is 190 Å². The zero-order valence-corrected chi connectivity index (χ0v) is 21.5. The number of halogens is 1. The molecule has 1 aromatic carbocycles. The SMILES string of the molecule is CN(C)[C@@H]1C(O)=C(C(N)=O)C(=O)[C@@]2(O)C(O)=C3C(=O)c4c(O)c(NC(=O)c5cccs5)cc(F)c4C[C@H]3C[C@@H]12. The summed E-state index contributed by atoms with van der Waals surface area (Å²) < 4.78 is 15.3. The third-order valence-electron chi connectivity index (χ3n) is 7.66. The first-order valence-corrected chi connectivity index (χ1v) is 12.7. The number of thiophene rings is 1. The lowest BCUT2D eigenvalue weighted by atomic mass is 9.58. The number of rotatable bonds is 4. The number of amides is 2. The number of allylic oxidation sites excluding steroid dienone is 1. The summed E-state index contributed by atoms with van der Waals surface area (Å²) in [5, 5.41) is 48.6. The summed E-state index contributed by atoms with van der Waals surface area (Å²) in [5.74, 6) is -9.91. The van der Waals surface area contributed by atoms with Crippen molar-refractivity contribution in [1.82, 2.24) is 4.90 Å². The highest BCUT2D eigenvalue weighted by atomic mass is 32.1. The first kappa shape index (κ1) is 26.5. The van der Waals surface area contributed by atoms with Crippen molar-refractivity contribution in [3.63, 3.8) is 0 Å². The summed E-state index contributed by atoms with van der Waals surface area (Å²) in [5.41, 5.74) is 0.0825. The predicted octanol–water partition coefficient (Wildman–Crippen LogP) is 1.57. The van der Waals surface area contributed by atoms with E-state index in [1.165, 1.54) is 25.1 Å². The van der Waals surface area contributed by atoms with E-state index in [2.05, 4.69) is 5.32 Å². The summed E-state index contributed by atoms with van der Waals surface area (Å²) in [6, 6.07) is 2.88. The Labute approximate surface area is 224 Å². The number of carbonyl (C=O) groups excluding carboxylic acids is 4. The molecule has 7 N–H and O–H groups in total. The second kappa shape index (κ2) is 9.00. The second-order valence-electron chi connectivity index (χ2n) is 10.0. The fraction of sp³-hybridized carbons (Fsp3) is 0.308. The van der Waals surface area contributed by atoms with Crippen LogP contribution >= 0.6 is 11.3 Å². The van der Waals surface area contributed by atoms with E-state index < -0.39 is 86.7 Å². The van der Waals surface area contributed by atoms with Gasteiger partial charge in [0.05, 0.1) is 22.2 Å². The predicted molar refractivity (Wildman–Crippen MR) is 136 cm³/mol. The van der Waals surface area contributed by atoms with Crippen molar-refractivity contribution in [2.45, 2.75) is 24.5 Å². The standard InChI is InChI=1S/C26H24FN3O8S/c1-30(2)18-11-7-9-6-10-12(27)8-13(29-25(37)14-4-3-5-39-14)19(31)16(10)20(32)15(9)22(34)26(11,38)23(35)17(21(18)33)24(28)36/h3-5,8-9,11,18,31,33-34,38H,6-7H2,1-2H3,(H2,28,36)(H,29,37)/t9-,11-,18-,26-/m0/s1. The third kappa shape index (κ3) is 3.68. The maximum atomic E-state index is 15.3. The quantitative estimate of drug-likeness (QED) is 0.239. The Morgan fingerprint density at radius 1 is 1.23 bits per heavy atom. The zero-order chi connectivity index (χ0) is 28.5. The molecule has 204 valence electrons. The van der Waals surface area contributed by atoms with Gasteiger partial charge in [-0.25, -0.2) is 4.39 Å². The van der Waals surface area contributed by atoms with Gasteiger partial charge >= 0.3 is 0 Å². The molecule has 0 saturated heterocycles. The van der Waals surface area contributed by atoms with Crippen LogP contribution in [0.25, 0.3) is 0 Å². The Hall–Kier alpha value is -4.07. The molecule has 1 heterocycles. The van der Waals surface area contributed by atoms with Gasteiger partial charge in [-0.15, -0.1) is 11.3 Å². The number of carbonyl (C=O) groups is 4. The van der Waals surface area contributed by atoms with Gasteiger partial charge in [-0.05, 0) is 44.3 Å². The van der Waals surface area contributed by atoms with Gasteiger partial charge in [0.15, 0.2) is 17.1 Å². The van der Waals surface area contributed by atoms with Crippen LogP contribution in [0.2, 0.25) is 0 Å². The van der Waals surface area contributed by atoms with E-state index in [4.69, 9.17) is 5.73 Å². The highest BCUT2D eigenvalue weighted by Gasteiger charge is 2.63. The van der Waals surface area contributed by atoms with Crippen LogP contribution in [0.5, 0.6) is 5.75 Å². The molecule has 11 nitrogen and oxygen atoms in total. The maximum absolute atomic E-state index is 15.3. The molecule has 0 aliphatic heterocycles. The number of hydrogen-bond donors (Lipinski definition) is 6. The number of nitrogens with zero attached hydrogens (tertiary/aromatic N) is 1. The number of Topliss-reactive ketones (excluding diaryl/α,β-unsaturated/α-hetero) is 2. The number of hydrogen-bond acceptors (Lipinski definition) is 10. The molecule has 0 fully saturated rings. The lowest BCUT2D eigenvalue weighted by Gasteiger charge is -2.50. The van der Waals surface area contributed by atoms with E-state index in [-0.39, 0.29) is 29.0 Å². The number of nitrogens with two attached hydrogens (primary N) is 1. The molecule has 4 atom stereocenters. The lowest BCUT2D eigenvalue weighted by Crippen LogP contribution is -2.63. The Morgan fingerprint density at radius 2 is 1.92 bits per heavy atom. The van der Waals surface area contributed by atoms with Crippen molar-refractivity contribution in [1.29, 1.82) is 0 Å². The minimum absolute atomic E-state index is 0.164. The number of fused-ring (bicyclic) bond motifs is 3. The number of aliphatic hydroxyl groups is 3. The summed E-state index contributed by atoms with van der Waals surface area (Å²) in [4.78, 5) is 53.2. The Morgan fingerprint density at radius 3 is 2.51 bits per heavy atom. The molecule has 2 amide bonds. The summed E-state index contributed by atoms with van der Waals surface area (Å²) >= 11 is 1.11. The van der Waals surface area contributed by atoms with Crippen LogP contribution in [0.15, 0.2) is 46.2 Å². The molecule has 0 bridgehead atoms. The monoisotopic (exact) mass is 557 g/mol. The smallest absolute Gasteiger partial charge is 0.265 e. The summed E-state index contributed by atoms with van der Waals surface area (Å²) in [7, 11) is 3.02. The first-order chi connectivity index (χ1) is 18.3. The molecule has 0 radical (unpaired) electrons. The highest BCUT2D eigenvalue weighted by molar-refractivity contribution is 7.12. The van der Waals surface area contributed by atoms with Gasteiger partial charge in [0, 0.05) is 23.1 Å². The Bertz CT molecular complexity index is 1530. The number of nitrogens with one attached hydrogen (secondary N) is 1. The van der Waals surface area contributed by atoms with Crippen molar-refractivity contribution >= 4 is 40.4 Å². The van der Waals surface area contributed by atoms with Gasteiger partial charge in [0.2, 0.25) is 5.78 Å². The normalized spacial score (nSPS) is 26.3. The molecule has 5 rings (SSSR count). The number of primary amides is 1. The van der Waals surface area contributed by atoms with Crippen molar-refractivity contribution in [3.05, 3.63) is 68.1 Å². The Balaban J connectivity index is 1.65. The first-order valence-electron chi connectivity index (χ1n) is 11.8. The minimum atomic E-state index is -2.80. The van der Waals surface area contributed by atoms with Crippen molar-refractivity contribution in [2.75, 3.05) is 19.4 Å². The van der Waals surface area contributed by atoms with Gasteiger partial charge in [0.1, 0.15) is 22.9 Å². The van der Waals surface area contributed by atoms with Crippen molar-refractivity contribution < 1.29 is 44.0 Å². The number of ketones is 2. The number of aliphatic hydroxyl groups excluding tert-OH is 2. The lowest BCUT2D eigenvalue weighted by molar-refractivity contribution is -0.148. The number of anilines is 1. The van der Waals surface area contributed by atoms with Crippen LogP contribution in [0, 0.1) is 17.7 Å². The molecule has 3 aliphatic rings. The van der Waals surface area contributed by atoms with Crippen LogP contribution in [-0.4, -0.2) is 74.4 Å². The molecule has 0 unspecified atom stereocenters. The average Bonchev–Trinajstić information content (AvgIpc) is 3.39. The van der Waals surface area contributed by atoms with E-state index in [9.17, 15) is 39.6 Å². The van der Waals surface area contributed by atoms with Crippen molar-refractivity contribution in [2.24, 2.45) is 17.6 Å². The third-order valence-corrected chi connectivity index (χ3v) is 8.53. The number of phenolic OH excluding ortho intramolecular Hbond substituents is 1. The highest BCUT2D eigenvalue weighted by Crippen LogP contribution is 2.53. The molecular weight excluding hydrogens is 533 g/mol. The molecule has 3 aliphatic carbocycles. The maximum Gasteiger partial charge on any atom is 0.265 e. The zero-order valence-electron chi connectivity index (χ0n) is 20.7. The largest absolute Gasteiger partial charge is 0.510 e.